The minimum atomic E-state index is -1.53. The second-order valence-corrected chi connectivity index (χ2v) is 10.5. The molecule has 0 radical (unpaired) electrons. The zero-order chi connectivity index (χ0) is 17.5. The molecule has 0 spiro atoms. The number of carbonyl (C=O) groups excluding carboxylic acids is 2. The maximum atomic E-state index is 11.8. The van der Waals surface area contributed by atoms with Gasteiger partial charge in [0.05, 0.1) is 26.0 Å². The van der Waals surface area contributed by atoms with Gasteiger partial charge in [0, 0.05) is 5.56 Å². The highest BCUT2D eigenvalue weighted by Gasteiger charge is 2.14. The van der Waals surface area contributed by atoms with Gasteiger partial charge >= 0.3 is 11.9 Å². The van der Waals surface area contributed by atoms with Gasteiger partial charge in [0.25, 0.3) is 0 Å². The Bertz CT molecular complexity index is 678. The quantitative estimate of drug-likeness (QED) is 0.397. The molecule has 0 aliphatic rings. The molecule has 122 valence electrons. The molecule has 0 aliphatic carbocycles. The van der Waals surface area contributed by atoms with E-state index in [1.807, 2.05) is 18.2 Å². The highest BCUT2D eigenvalue weighted by Crippen LogP contribution is 2.17. The smallest absolute Gasteiger partial charge is 0.354 e. The summed E-state index contributed by atoms with van der Waals surface area (Å²) in [5.74, 6) is 1.82. The molecule has 23 heavy (non-hydrogen) atoms. The predicted octanol–water partition coefficient (Wildman–Crippen LogP) is 2.56. The molecular formula is C17H21NO4Si. The summed E-state index contributed by atoms with van der Waals surface area (Å²) in [6, 6.07) is 7.31. The van der Waals surface area contributed by atoms with Crippen molar-refractivity contribution in [2.24, 2.45) is 0 Å². The molecule has 6 heteroatoms. The Labute approximate surface area is 137 Å². The van der Waals surface area contributed by atoms with Crippen LogP contribution in [0.15, 0.2) is 36.0 Å². The lowest BCUT2D eigenvalue weighted by atomic mass is 10.2. The zero-order valence-electron chi connectivity index (χ0n) is 14.0. The second kappa shape index (κ2) is 8.20. The maximum absolute atomic E-state index is 11.8. The van der Waals surface area contributed by atoms with Gasteiger partial charge in [-0.05, 0) is 12.1 Å². The second-order valence-electron chi connectivity index (χ2n) is 5.74. The van der Waals surface area contributed by atoms with Crippen LogP contribution in [0.2, 0.25) is 19.6 Å². The highest BCUT2D eigenvalue weighted by molar-refractivity contribution is 6.83. The van der Waals surface area contributed by atoms with Gasteiger partial charge in [-0.3, -0.25) is 0 Å². The van der Waals surface area contributed by atoms with E-state index in [1.54, 1.807) is 6.07 Å². The number of hydrogen-bond donors (Lipinski definition) is 1. The van der Waals surface area contributed by atoms with Crippen LogP contribution in [-0.2, 0) is 19.1 Å². The number of carbonyl (C=O) groups is 2. The Morgan fingerprint density at radius 3 is 2.35 bits per heavy atom. The molecule has 0 fully saturated rings. The molecule has 1 aromatic carbocycles. The van der Waals surface area contributed by atoms with Crippen LogP contribution >= 0.6 is 0 Å². The molecule has 0 saturated heterocycles. The van der Waals surface area contributed by atoms with E-state index in [2.05, 4.69) is 45.9 Å². The molecule has 5 nitrogen and oxygen atoms in total. The molecule has 1 aromatic rings. The molecule has 1 rings (SSSR count). The standard InChI is InChI=1S/C17H21NO4Si/c1-21-16(19)12-15(17(20)22-2)18-14-9-7-6-8-13(14)10-11-23(3,4)5/h6-9,12,18H,1-5H3/b15-12+. The van der Waals surface area contributed by atoms with E-state index < -0.39 is 20.0 Å². The van der Waals surface area contributed by atoms with Gasteiger partial charge in [-0.15, -0.1) is 5.54 Å². The van der Waals surface area contributed by atoms with Crippen molar-refractivity contribution < 1.29 is 19.1 Å². The first-order chi connectivity index (χ1) is 10.8. The number of nitrogens with one attached hydrogen (secondary N) is 1. The van der Waals surface area contributed by atoms with Crippen LogP contribution in [0.1, 0.15) is 5.56 Å². The van der Waals surface area contributed by atoms with Crippen molar-refractivity contribution in [3.63, 3.8) is 0 Å². The zero-order valence-corrected chi connectivity index (χ0v) is 15.0. The molecule has 0 unspecified atom stereocenters. The van der Waals surface area contributed by atoms with Gasteiger partial charge in [-0.2, -0.15) is 0 Å². The van der Waals surface area contributed by atoms with Crippen molar-refractivity contribution >= 4 is 25.7 Å². The summed E-state index contributed by atoms with van der Waals surface area (Å²) in [5.41, 5.74) is 4.63. The van der Waals surface area contributed by atoms with Crippen LogP contribution in [0.5, 0.6) is 0 Å². The fourth-order valence-corrected chi connectivity index (χ4v) is 2.04. The van der Waals surface area contributed by atoms with Crippen molar-refractivity contribution in [1.82, 2.24) is 0 Å². The Morgan fingerprint density at radius 2 is 1.78 bits per heavy atom. The van der Waals surface area contributed by atoms with Gasteiger partial charge in [-0.25, -0.2) is 9.59 Å². The minimum absolute atomic E-state index is 0.0124. The summed E-state index contributed by atoms with van der Waals surface area (Å²) < 4.78 is 9.23. The fraction of sp³-hybridized carbons (Fsp3) is 0.294. The molecule has 0 aliphatic heterocycles. The summed E-state index contributed by atoms with van der Waals surface area (Å²) in [5, 5.41) is 2.90. The number of anilines is 1. The molecule has 0 saturated carbocycles. The number of rotatable bonds is 4. The summed E-state index contributed by atoms with van der Waals surface area (Å²) in [4.78, 5) is 23.2. The number of benzene rings is 1. The monoisotopic (exact) mass is 331 g/mol. The number of hydrogen-bond acceptors (Lipinski definition) is 5. The van der Waals surface area contributed by atoms with E-state index in [-0.39, 0.29) is 5.70 Å². The van der Waals surface area contributed by atoms with Gasteiger partial charge < -0.3 is 14.8 Å². The Morgan fingerprint density at radius 1 is 1.13 bits per heavy atom. The third-order valence-electron chi connectivity index (χ3n) is 2.64. The summed E-state index contributed by atoms with van der Waals surface area (Å²) in [6.07, 6.45) is 1.05. The highest BCUT2D eigenvalue weighted by atomic mass is 28.3. The van der Waals surface area contributed by atoms with E-state index in [4.69, 9.17) is 0 Å². The van der Waals surface area contributed by atoms with E-state index in [0.29, 0.717) is 5.69 Å². The fourth-order valence-electron chi connectivity index (χ4n) is 1.53. The minimum Gasteiger partial charge on any atom is -0.466 e. The van der Waals surface area contributed by atoms with Crippen molar-refractivity contribution in [3.8, 4) is 11.5 Å². The largest absolute Gasteiger partial charge is 0.466 e. The lowest BCUT2D eigenvalue weighted by Gasteiger charge is -2.11. The molecule has 0 heterocycles. The first-order valence-electron chi connectivity index (χ1n) is 7.04. The number of ether oxygens (including phenoxy) is 2. The lowest BCUT2D eigenvalue weighted by Crippen LogP contribution is -2.17. The molecule has 0 amide bonds. The van der Waals surface area contributed by atoms with E-state index in [1.165, 1.54) is 14.2 Å². The number of esters is 2. The summed E-state index contributed by atoms with van der Waals surface area (Å²) in [7, 11) is 0.947. The lowest BCUT2D eigenvalue weighted by molar-refractivity contribution is -0.138. The van der Waals surface area contributed by atoms with Crippen LogP contribution in [-0.4, -0.2) is 34.2 Å². The number of methoxy groups -OCH3 is 2. The van der Waals surface area contributed by atoms with E-state index >= 15 is 0 Å². The molecular weight excluding hydrogens is 310 g/mol. The topological polar surface area (TPSA) is 64.6 Å². The van der Waals surface area contributed by atoms with Crippen LogP contribution in [0.3, 0.4) is 0 Å². The van der Waals surface area contributed by atoms with Crippen molar-refractivity contribution in [3.05, 3.63) is 41.6 Å². The molecule has 0 aromatic heterocycles. The average Bonchev–Trinajstić information content (AvgIpc) is 2.51. The first-order valence-corrected chi connectivity index (χ1v) is 10.5. The van der Waals surface area contributed by atoms with E-state index in [9.17, 15) is 9.59 Å². The Kier molecular flexibility index (Phi) is 6.60. The van der Waals surface area contributed by atoms with Crippen LogP contribution < -0.4 is 5.32 Å². The van der Waals surface area contributed by atoms with Crippen LogP contribution in [0, 0.1) is 11.5 Å². The third kappa shape index (κ3) is 6.40. The van der Waals surface area contributed by atoms with Gasteiger partial charge in [0.15, 0.2) is 0 Å². The third-order valence-corrected chi connectivity index (χ3v) is 3.51. The number of para-hydroxylation sites is 1. The summed E-state index contributed by atoms with van der Waals surface area (Å²) >= 11 is 0. The maximum Gasteiger partial charge on any atom is 0.354 e. The van der Waals surface area contributed by atoms with Crippen LogP contribution in [0.4, 0.5) is 5.69 Å². The van der Waals surface area contributed by atoms with Crippen molar-refractivity contribution in [2.45, 2.75) is 19.6 Å². The van der Waals surface area contributed by atoms with Crippen LogP contribution in [0.25, 0.3) is 0 Å². The van der Waals surface area contributed by atoms with Gasteiger partial charge in [0.1, 0.15) is 13.8 Å². The first kappa shape index (κ1) is 18.5. The summed E-state index contributed by atoms with van der Waals surface area (Å²) in [6.45, 7) is 6.44. The van der Waals surface area contributed by atoms with Gasteiger partial charge in [0.2, 0.25) is 0 Å². The van der Waals surface area contributed by atoms with Crippen molar-refractivity contribution in [2.75, 3.05) is 19.5 Å². The Balaban J connectivity index is 3.19. The van der Waals surface area contributed by atoms with Gasteiger partial charge in [-0.1, -0.05) is 37.7 Å². The average molecular weight is 331 g/mol. The normalized spacial score (nSPS) is 11.1. The predicted molar refractivity (Wildman–Crippen MR) is 92.4 cm³/mol. The molecule has 1 N–H and O–H groups in total. The van der Waals surface area contributed by atoms with Crippen molar-refractivity contribution in [1.29, 1.82) is 0 Å². The molecule has 0 atom stereocenters. The Hall–Kier alpha value is -2.52. The van der Waals surface area contributed by atoms with E-state index in [0.717, 1.165) is 11.6 Å². The molecule has 0 bridgehead atoms. The SMILES string of the molecule is COC(=O)/C=C(/Nc1ccccc1C#C[Si](C)(C)C)C(=O)OC.